The van der Waals surface area contributed by atoms with Gasteiger partial charge in [-0.05, 0) is 49.4 Å². The Balaban J connectivity index is 2.16. The van der Waals surface area contributed by atoms with Crippen LogP contribution in [0.1, 0.15) is 26.6 Å². The lowest BCUT2D eigenvalue weighted by Gasteiger charge is -2.21. The zero-order chi connectivity index (χ0) is 14.0. The van der Waals surface area contributed by atoms with Gasteiger partial charge in [0.05, 0.1) is 21.2 Å². The number of nitrogens with zero attached hydrogens (tertiary/aromatic N) is 2. The molecule has 0 radical (unpaired) electrons. The molecular formula is C12H16IN3O2S. The number of hydrogen-bond acceptors (Lipinski definition) is 6. The lowest BCUT2D eigenvalue weighted by molar-refractivity contribution is 0.0410. The van der Waals surface area contributed by atoms with Gasteiger partial charge in [-0.25, -0.2) is 0 Å². The molecule has 7 heteroatoms. The minimum atomic E-state index is -0.755. The molecule has 1 unspecified atom stereocenters. The van der Waals surface area contributed by atoms with Crippen molar-refractivity contribution < 1.29 is 9.26 Å². The molecule has 0 aliphatic carbocycles. The van der Waals surface area contributed by atoms with Crippen LogP contribution in [0.5, 0.6) is 0 Å². The smallest absolute Gasteiger partial charge is 0.258 e. The molecule has 0 aliphatic rings. The van der Waals surface area contributed by atoms with E-state index in [-0.39, 0.29) is 6.10 Å². The maximum Gasteiger partial charge on any atom is 0.258 e. The van der Waals surface area contributed by atoms with Gasteiger partial charge in [0.1, 0.15) is 5.54 Å². The Bertz CT molecular complexity index is 551. The average molecular weight is 393 g/mol. The Labute approximate surface area is 129 Å². The molecule has 0 fully saturated rings. The third kappa shape index (κ3) is 3.74. The molecule has 0 saturated carbocycles. The predicted molar refractivity (Wildman–Crippen MR) is 83.0 cm³/mol. The second-order valence-electron chi connectivity index (χ2n) is 4.84. The highest BCUT2D eigenvalue weighted by molar-refractivity contribution is 14.1. The van der Waals surface area contributed by atoms with Crippen molar-refractivity contribution in [2.45, 2.75) is 32.4 Å². The van der Waals surface area contributed by atoms with Crippen molar-refractivity contribution >= 4 is 33.9 Å². The number of nitrogens with two attached hydrogens (primary N) is 1. The van der Waals surface area contributed by atoms with Gasteiger partial charge in [-0.2, -0.15) is 4.98 Å². The third-order valence-electron chi connectivity index (χ3n) is 2.47. The highest BCUT2D eigenvalue weighted by Crippen LogP contribution is 2.26. The van der Waals surface area contributed by atoms with Crippen LogP contribution in [0.15, 0.2) is 16.0 Å². The van der Waals surface area contributed by atoms with Gasteiger partial charge in [-0.3, -0.25) is 0 Å². The van der Waals surface area contributed by atoms with Crippen LogP contribution in [-0.2, 0) is 10.3 Å². The monoisotopic (exact) mass is 393 g/mol. The second-order valence-corrected chi connectivity index (χ2v) is 7.65. The van der Waals surface area contributed by atoms with E-state index in [4.69, 9.17) is 15.0 Å². The van der Waals surface area contributed by atoms with Crippen LogP contribution in [0.25, 0.3) is 11.5 Å². The molecule has 2 heterocycles. The van der Waals surface area contributed by atoms with Gasteiger partial charge < -0.3 is 15.0 Å². The molecular weight excluding hydrogens is 377 g/mol. The van der Waals surface area contributed by atoms with Gasteiger partial charge >= 0.3 is 0 Å². The molecule has 2 aromatic heterocycles. The van der Waals surface area contributed by atoms with Gasteiger partial charge in [-0.15, -0.1) is 11.3 Å². The van der Waals surface area contributed by atoms with E-state index in [1.165, 1.54) is 2.88 Å². The summed E-state index contributed by atoms with van der Waals surface area (Å²) >= 11 is 3.89. The summed E-state index contributed by atoms with van der Waals surface area (Å²) in [5.41, 5.74) is 6.34. The van der Waals surface area contributed by atoms with Crippen LogP contribution < -0.4 is 5.73 Å². The maximum absolute atomic E-state index is 6.17. The molecule has 104 valence electrons. The van der Waals surface area contributed by atoms with Gasteiger partial charge in [0, 0.05) is 5.38 Å². The van der Waals surface area contributed by atoms with Crippen molar-refractivity contribution in [2.24, 2.45) is 5.73 Å². The summed E-state index contributed by atoms with van der Waals surface area (Å²) in [4.78, 5) is 4.36. The van der Waals surface area contributed by atoms with Crippen molar-refractivity contribution in [3.63, 3.8) is 0 Å². The molecule has 0 aliphatic heterocycles. The molecule has 19 heavy (non-hydrogen) atoms. The van der Waals surface area contributed by atoms with Crippen molar-refractivity contribution in [1.82, 2.24) is 10.1 Å². The summed E-state index contributed by atoms with van der Waals surface area (Å²) in [6.45, 7) is 6.11. The number of rotatable bonds is 5. The number of halogens is 1. The van der Waals surface area contributed by atoms with E-state index in [2.05, 4.69) is 32.7 Å². The topological polar surface area (TPSA) is 74.2 Å². The van der Waals surface area contributed by atoms with E-state index in [0.29, 0.717) is 18.3 Å². The minimum absolute atomic E-state index is 0.118. The number of hydrogen-bond donors (Lipinski definition) is 1. The molecule has 0 bridgehead atoms. The van der Waals surface area contributed by atoms with Gasteiger partial charge in [-0.1, -0.05) is 5.16 Å². The van der Waals surface area contributed by atoms with Crippen LogP contribution in [0, 0.1) is 2.88 Å². The molecule has 1 atom stereocenters. The molecule has 2 N–H and O–H groups in total. The zero-order valence-electron chi connectivity index (χ0n) is 11.0. The highest BCUT2D eigenvalue weighted by Gasteiger charge is 2.28. The van der Waals surface area contributed by atoms with Crippen molar-refractivity contribution in [3.05, 3.63) is 20.2 Å². The minimum Gasteiger partial charge on any atom is -0.376 e. The quantitative estimate of drug-likeness (QED) is 0.791. The Kier molecular flexibility index (Phi) is 4.59. The summed E-state index contributed by atoms with van der Waals surface area (Å²) < 4.78 is 12.0. The van der Waals surface area contributed by atoms with Gasteiger partial charge in [0.15, 0.2) is 5.82 Å². The third-order valence-corrected chi connectivity index (χ3v) is 4.26. The van der Waals surface area contributed by atoms with E-state index in [1.54, 1.807) is 11.3 Å². The normalized spacial score (nSPS) is 14.8. The first-order valence-corrected chi connectivity index (χ1v) is 7.83. The fraction of sp³-hybridized carbons (Fsp3) is 0.500. The zero-order valence-corrected chi connectivity index (χ0v) is 14.0. The molecule has 2 rings (SSSR count). The Morgan fingerprint density at radius 1 is 1.58 bits per heavy atom. The van der Waals surface area contributed by atoms with Crippen LogP contribution >= 0.6 is 33.9 Å². The lowest BCUT2D eigenvalue weighted by Crippen LogP contribution is -2.40. The first-order chi connectivity index (χ1) is 8.88. The van der Waals surface area contributed by atoms with E-state index >= 15 is 0 Å². The summed E-state index contributed by atoms with van der Waals surface area (Å²) in [5.74, 6) is 0.958. The summed E-state index contributed by atoms with van der Waals surface area (Å²) in [5, 5.41) is 5.95. The fourth-order valence-electron chi connectivity index (χ4n) is 1.40. The molecule has 0 aromatic carbocycles. The van der Waals surface area contributed by atoms with Crippen molar-refractivity contribution in [1.29, 1.82) is 0 Å². The summed E-state index contributed by atoms with van der Waals surface area (Å²) in [7, 11) is 0. The van der Waals surface area contributed by atoms with E-state index in [0.717, 1.165) is 5.56 Å². The second kappa shape index (κ2) is 5.86. The highest BCUT2D eigenvalue weighted by atomic mass is 127. The van der Waals surface area contributed by atoms with E-state index < -0.39 is 5.54 Å². The number of ether oxygens (including phenoxy) is 1. The summed E-state index contributed by atoms with van der Waals surface area (Å²) in [6.07, 6.45) is 0.118. The van der Waals surface area contributed by atoms with Crippen molar-refractivity contribution in [3.8, 4) is 11.5 Å². The van der Waals surface area contributed by atoms with Crippen molar-refractivity contribution in [2.75, 3.05) is 6.61 Å². The predicted octanol–water partition coefficient (Wildman–Crippen LogP) is 3.00. The molecule has 0 spiro atoms. The summed E-state index contributed by atoms with van der Waals surface area (Å²) in [6, 6.07) is 2.00. The van der Waals surface area contributed by atoms with E-state index in [9.17, 15) is 0 Å². The Morgan fingerprint density at radius 2 is 2.32 bits per heavy atom. The number of aromatic nitrogens is 2. The molecule has 5 nitrogen and oxygen atoms in total. The van der Waals surface area contributed by atoms with E-state index in [1.807, 2.05) is 32.2 Å². The average Bonchev–Trinajstić information content (AvgIpc) is 2.94. The molecule has 0 saturated heterocycles. The largest absolute Gasteiger partial charge is 0.376 e. The maximum atomic E-state index is 6.17. The van der Waals surface area contributed by atoms with Crippen LogP contribution in [0.2, 0.25) is 0 Å². The standard InChI is InChI=1S/C12H16IN3O2S/c1-7(2)17-6-12(3,14)11-15-10(18-16-11)8-4-9(13)19-5-8/h4-5,7H,6,14H2,1-3H3. The van der Waals surface area contributed by atoms with Crippen LogP contribution in [0.4, 0.5) is 0 Å². The first kappa shape index (κ1) is 14.9. The van der Waals surface area contributed by atoms with Gasteiger partial charge in [0.2, 0.25) is 0 Å². The number of thiophene rings is 1. The van der Waals surface area contributed by atoms with Crippen LogP contribution in [0.3, 0.4) is 0 Å². The van der Waals surface area contributed by atoms with Crippen LogP contribution in [-0.4, -0.2) is 22.9 Å². The SMILES string of the molecule is CC(C)OCC(C)(N)c1noc(-c2csc(I)c2)n1. The Morgan fingerprint density at radius 3 is 2.89 bits per heavy atom. The first-order valence-electron chi connectivity index (χ1n) is 5.87. The molecule has 0 amide bonds. The van der Waals surface area contributed by atoms with Gasteiger partial charge in [0.25, 0.3) is 5.89 Å². The fourth-order valence-corrected chi connectivity index (χ4v) is 2.72. The molecule has 2 aromatic rings. The lowest BCUT2D eigenvalue weighted by atomic mass is 10.1. The Hall–Kier alpha value is -0.510.